The lowest BCUT2D eigenvalue weighted by Gasteiger charge is -2.42. The maximum atomic E-state index is 2.80. The van der Waals surface area contributed by atoms with Crippen LogP contribution >= 0.6 is 0 Å². The molecule has 1 aromatic rings. The van der Waals surface area contributed by atoms with E-state index in [0.29, 0.717) is 23.7 Å². The number of hydrogen-bond acceptors (Lipinski definition) is 0. The van der Waals surface area contributed by atoms with Crippen LogP contribution in [0.3, 0.4) is 0 Å². The zero-order valence-corrected chi connectivity index (χ0v) is 22.5. The van der Waals surface area contributed by atoms with Crippen molar-refractivity contribution in [2.75, 3.05) is 0 Å². The van der Waals surface area contributed by atoms with Crippen LogP contribution in [-0.2, 0) is 5.41 Å². The summed E-state index contributed by atoms with van der Waals surface area (Å²) in [5.41, 5.74) is 15.2. The van der Waals surface area contributed by atoms with E-state index in [0.717, 1.165) is 5.92 Å². The van der Waals surface area contributed by atoms with Gasteiger partial charge in [-0.25, -0.2) is 0 Å². The van der Waals surface area contributed by atoms with Gasteiger partial charge >= 0.3 is 0 Å². The molecule has 0 heterocycles. The predicted octanol–water partition coefficient (Wildman–Crippen LogP) is 9.51. The average Bonchev–Trinajstić information content (AvgIpc) is 3.25. The third-order valence-electron chi connectivity index (χ3n) is 11.7. The number of allylic oxidation sites excluding steroid dienone is 16. The second-order valence-electron chi connectivity index (χ2n) is 13.3. The van der Waals surface area contributed by atoms with Crippen LogP contribution in [0.1, 0.15) is 75.3 Å². The van der Waals surface area contributed by atoms with Crippen molar-refractivity contribution in [3.63, 3.8) is 0 Å². The molecular formula is C38H38. The van der Waals surface area contributed by atoms with Crippen molar-refractivity contribution < 1.29 is 0 Å². The first kappa shape index (κ1) is 22.0. The zero-order valence-electron chi connectivity index (χ0n) is 22.5. The molecule has 0 nitrogen and oxygen atoms in total. The Balaban J connectivity index is 1.24. The van der Waals surface area contributed by atoms with E-state index in [1.165, 1.54) is 69.8 Å². The molecule has 9 rings (SSSR count). The Hall–Kier alpha value is -2.86. The minimum Gasteiger partial charge on any atom is -0.0836 e. The van der Waals surface area contributed by atoms with E-state index in [9.17, 15) is 0 Å². The topological polar surface area (TPSA) is 0 Å². The van der Waals surface area contributed by atoms with Crippen molar-refractivity contribution in [2.45, 2.75) is 69.6 Å². The quantitative estimate of drug-likeness (QED) is 0.337. The summed E-state index contributed by atoms with van der Waals surface area (Å²) >= 11 is 0. The van der Waals surface area contributed by atoms with Crippen molar-refractivity contribution in [1.82, 2.24) is 0 Å². The third kappa shape index (κ3) is 2.82. The van der Waals surface area contributed by atoms with Gasteiger partial charge in [0.1, 0.15) is 0 Å². The highest BCUT2D eigenvalue weighted by Crippen LogP contribution is 2.68. The SMILES string of the molecule is C1=CC2C3=C(CC4C(=C3)CCC3C=C5CCCCC5=CC4C3)C3(C4=C(C=CCC4)c4ccccc43)C2C=C1. The lowest BCUT2D eigenvalue weighted by Crippen LogP contribution is -2.37. The Labute approximate surface area is 228 Å². The van der Waals surface area contributed by atoms with Crippen LogP contribution in [0.5, 0.6) is 0 Å². The monoisotopic (exact) mass is 494 g/mol. The lowest BCUT2D eigenvalue weighted by molar-refractivity contribution is 0.367. The molecule has 0 aromatic heterocycles. The fraction of sp³-hybridized carbons (Fsp3) is 0.421. The second-order valence-corrected chi connectivity index (χ2v) is 13.3. The molecule has 38 heavy (non-hydrogen) atoms. The summed E-state index contributed by atoms with van der Waals surface area (Å²) in [7, 11) is 0. The fourth-order valence-electron chi connectivity index (χ4n) is 10.2. The van der Waals surface area contributed by atoms with Crippen molar-refractivity contribution in [1.29, 1.82) is 0 Å². The highest BCUT2D eigenvalue weighted by Gasteiger charge is 2.59. The smallest absolute Gasteiger partial charge is 0.0463 e. The number of fused-ring (bicyclic) bond motifs is 13. The summed E-state index contributed by atoms with van der Waals surface area (Å²) in [6.07, 6.45) is 36.1. The van der Waals surface area contributed by atoms with E-state index in [-0.39, 0.29) is 5.41 Å². The van der Waals surface area contributed by atoms with E-state index < -0.39 is 0 Å². The van der Waals surface area contributed by atoms with Gasteiger partial charge in [-0.1, -0.05) is 90.1 Å². The zero-order chi connectivity index (χ0) is 24.8. The first-order valence-electron chi connectivity index (χ1n) is 15.5. The second kappa shape index (κ2) is 8.08. The predicted molar refractivity (Wildman–Crippen MR) is 157 cm³/mol. The molecule has 190 valence electrons. The number of rotatable bonds is 0. The van der Waals surface area contributed by atoms with Crippen LogP contribution < -0.4 is 0 Å². The molecule has 2 saturated carbocycles. The molecule has 0 heteroatoms. The van der Waals surface area contributed by atoms with Crippen LogP contribution in [0.15, 0.2) is 112 Å². The van der Waals surface area contributed by atoms with Crippen molar-refractivity contribution in [3.05, 3.63) is 124 Å². The Bertz CT molecular complexity index is 1490. The molecule has 1 spiro atoms. The standard InChI is InChI=1S/C38H38/c1-2-10-26-21-28-20-24(19-25(26)9-1)17-18-27-22-33-31-13-5-8-16-36(31)38(37(33)23-32(27)28)34-14-6-3-11-29(34)30-12-4-7-15-35(30)38/h3-6,8,11-14,16,19,21-22,24,28,31-32,36H,1-2,7,9-10,15,17-18,20,23H2. The normalized spacial score (nSPS) is 37.8. The molecule has 8 aliphatic rings. The van der Waals surface area contributed by atoms with Gasteiger partial charge in [-0.05, 0) is 121 Å². The summed E-state index contributed by atoms with van der Waals surface area (Å²) in [6.45, 7) is 0. The third-order valence-corrected chi connectivity index (χ3v) is 11.7. The molecule has 2 fully saturated rings. The summed E-state index contributed by atoms with van der Waals surface area (Å²) in [5, 5.41) is 0. The summed E-state index contributed by atoms with van der Waals surface area (Å²) in [6, 6.07) is 9.48. The van der Waals surface area contributed by atoms with Gasteiger partial charge in [0.25, 0.3) is 0 Å². The van der Waals surface area contributed by atoms with E-state index in [2.05, 4.69) is 78.9 Å². The Morgan fingerprint density at radius 1 is 0.842 bits per heavy atom. The molecule has 2 bridgehead atoms. The molecule has 8 aliphatic carbocycles. The van der Waals surface area contributed by atoms with Gasteiger partial charge < -0.3 is 0 Å². The summed E-state index contributed by atoms with van der Waals surface area (Å²) < 4.78 is 0. The number of hydrogen-bond donors (Lipinski definition) is 0. The Morgan fingerprint density at radius 3 is 2.66 bits per heavy atom. The fourth-order valence-corrected chi connectivity index (χ4v) is 10.2. The first-order chi connectivity index (χ1) is 18.8. The van der Waals surface area contributed by atoms with Crippen LogP contribution in [0, 0.1) is 29.6 Å². The molecule has 6 unspecified atom stereocenters. The van der Waals surface area contributed by atoms with Crippen LogP contribution in [0.25, 0.3) is 5.57 Å². The molecule has 6 atom stereocenters. The van der Waals surface area contributed by atoms with E-state index >= 15 is 0 Å². The molecule has 0 aliphatic heterocycles. The molecule has 1 aromatic carbocycles. The maximum Gasteiger partial charge on any atom is 0.0463 e. The average molecular weight is 495 g/mol. The van der Waals surface area contributed by atoms with Crippen molar-refractivity contribution in [3.8, 4) is 0 Å². The summed E-state index contributed by atoms with van der Waals surface area (Å²) in [5.74, 6) is 3.19. The van der Waals surface area contributed by atoms with E-state index in [4.69, 9.17) is 0 Å². The lowest BCUT2D eigenvalue weighted by atomic mass is 9.60. The van der Waals surface area contributed by atoms with Gasteiger partial charge in [-0.3, -0.25) is 0 Å². The maximum absolute atomic E-state index is 2.80. The Kier molecular flexibility index (Phi) is 4.68. The van der Waals surface area contributed by atoms with Crippen molar-refractivity contribution in [2.24, 2.45) is 29.6 Å². The Morgan fingerprint density at radius 2 is 1.71 bits per heavy atom. The minimum absolute atomic E-state index is 0.0534. The molecule has 0 amide bonds. The molecule has 0 radical (unpaired) electrons. The molecule has 0 saturated heterocycles. The highest BCUT2D eigenvalue weighted by molar-refractivity contribution is 5.90. The number of benzene rings is 1. The van der Waals surface area contributed by atoms with Crippen LogP contribution in [0.2, 0.25) is 0 Å². The van der Waals surface area contributed by atoms with Crippen molar-refractivity contribution >= 4 is 5.57 Å². The van der Waals surface area contributed by atoms with Gasteiger partial charge in [0.15, 0.2) is 0 Å². The molecule has 0 N–H and O–H groups in total. The largest absolute Gasteiger partial charge is 0.0836 e. The molecular weight excluding hydrogens is 456 g/mol. The minimum atomic E-state index is 0.0534. The highest BCUT2D eigenvalue weighted by atomic mass is 14.6. The summed E-state index contributed by atoms with van der Waals surface area (Å²) in [4.78, 5) is 0. The van der Waals surface area contributed by atoms with Crippen LogP contribution in [0.4, 0.5) is 0 Å². The van der Waals surface area contributed by atoms with Gasteiger partial charge in [0, 0.05) is 17.3 Å². The van der Waals surface area contributed by atoms with E-state index in [1.807, 2.05) is 0 Å². The van der Waals surface area contributed by atoms with Gasteiger partial charge in [0.05, 0.1) is 0 Å². The van der Waals surface area contributed by atoms with E-state index in [1.54, 1.807) is 44.6 Å². The van der Waals surface area contributed by atoms with Gasteiger partial charge in [0.2, 0.25) is 0 Å². The van der Waals surface area contributed by atoms with Crippen LogP contribution in [-0.4, -0.2) is 0 Å². The van der Waals surface area contributed by atoms with Gasteiger partial charge in [-0.2, -0.15) is 0 Å². The first-order valence-corrected chi connectivity index (χ1v) is 15.5. The van der Waals surface area contributed by atoms with Gasteiger partial charge in [-0.15, -0.1) is 0 Å².